The molecule has 1 fully saturated rings. The van der Waals surface area contributed by atoms with E-state index in [1.807, 2.05) is 43.3 Å². The maximum atomic E-state index is 12.4. The van der Waals surface area contributed by atoms with Crippen molar-refractivity contribution in [2.75, 3.05) is 38.0 Å². The first-order chi connectivity index (χ1) is 13.9. The fourth-order valence-corrected chi connectivity index (χ4v) is 3.92. The van der Waals surface area contributed by atoms with Crippen molar-refractivity contribution < 1.29 is 14.3 Å². The van der Waals surface area contributed by atoms with Crippen molar-refractivity contribution in [1.82, 2.24) is 5.32 Å². The van der Waals surface area contributed by atoms with Gasteiger partial charge in [-0.3, -0.25) is 9.59 Å². The number of rotatable bonds is 6. The van der Waals surface area contributed by atoms with Crippen molar-refractivity contribution in [3.63, 3.8) is 0 Å². The SMILES string of the molecule is COc1ccc(C2(CNC(=O)C(=O)Nc3ccc(N(C)C)cc3)CCCC2)cc1. The summed E-state index contributed by atoms with van der Waals surface area (Å²) in [5.41, 5.74) is 2.67. The molecule has 2 N–H and O–H groups in total. The van der Waals surface area contributed by atoms with Crippen LogP contribution in [0.25, 0.3) is 0 Å². The second-order valence-corrected chi connectivity index (χ2v) is 7.79. The van der Waals surface area contributed by atoms with E-state index in [-0.39, 0.29) is 5.41 Å². The molecule has 0 bridgehead atoms. The third-order valence-electron chi connectivity index (χ3n) is 5.70. The zero-order chi connectivity index (χ0) is 20.9. The van der Waals surface area contributed by atoms with Gasteiger partial charge in [-0.15, -0.1) is 0 Å². The summed E-state index contributed by atoms with van der Waals surface area (Å²) in [4.78, 5) is 26.7. The minimum absolute atomic E-state index is 0.129. The summed E-state index contributed by atoms with van der Waals surface area (Å²) in [6, 6.07) is 15.4. The normalized spacial score (nSPS) is 14.9. The molecule has 0 saturated heterocycles. The number of benzene rings is 2. The van der Waals surface area contributed by atoms with E-state index >= 15 is 0 Å². The molecule has 1 aliphatic carbocycles. The highest BCUT2D eigenvalue weighted by atomic mass is 16.5. The minimum Gasteiger partial charge on any atom is -0.497 e. The zero-order valence-corrected chi connectivity index (χ0v) is 17.3. The molecule has 2 aromatic rings. The average molecular weight is 396 g/mol. The van der Waals surface area contributed by atoms with Crippen LogP contribution in [0.2, 0.25) is 0 Å². The second kappa shape index (κ2) is 8.99. The Kier molecular flexibility index (Phi) is 6.42. The van der Waals surface area contributed by atoms with Gasteiger partial charge in [-0.1, -0.05) is 25.0 Å². The van der Waals surface area contributed by atoms with E-state index in [0.717, 1.165) is 37.1 Å². The lowest BCUT2D eigenvalue weighted by Gasteiger charge is -2.30. The molecule has 1 saturated carbocycles. The van der Waals surface area contributed by atoms with Crippen LogP contribution in [0.15, 0.2) is 48.5 Å². The Labute approximate surface area is 172 Å². The van der Waals surface area contributed by atoms with Gasteiger partial charge in [0.05, 0.1) is 7.11 Å². The molecule has 6 nitrogen and oxygen atoms in total. The van der Waals surface area contributed by atoms with E-state index in [1.54, 1.807) is 19.2 Å². The van der Waals surface area contributed by atoms with Gasteiger partial charge in [0.2, 0.25) is 0 Å². The molecule has 154 valence electrons. The molecule has 6 heteroatoms. The molecule has 1 aliphatic rings. The smallest absolute Gasteiger partial charge is 0.313 e. The van der Waals surface area contributed by atoms with E-state index in [9.17, 15) is 9.59 Å². The lowest BCUT2D eigenvalue weighted by Crippen LogP contribution is -2.43. The first kappa shape index (κ1) is 20.7. The van der Waals surface area contributed by atoms with Gasteiger partial charge < -0.3 is 20.3 Å². The molecule has 2 aromatic carbocycles. The van der Waals surface area contributed by atoms with E-state index in [1.165, 1.54) is 5.56 Å². The van der Waals surface area contributed by atoms with Crippen LogP contribution in [0.4, 0.5) is 11.4 Å². The Bertz CT molecular complexity index is 839. The van der Waals surface area contributed by atoms with Gasteiger partial charge in [0.25, 0.3) is 0 Å². The molecule has 0 aliphatic heterocycles. The highest BCUT2D eigenvalue weighted by molar-refractivity contribution is 6.39. The first-order valence-corrected chi connectivity index (χ1v) is 9.95. The molecule has 0 atom stereocenters. The van der Waals surface area contributed by atoms with Gasteiger partial charge in [-0.2, -0.15) is 0 Å². The monoisotopic (exact) mass is 395 g/mol. The molecule has 3 rings (SSSR count). The number of methoxy groups -OCH3 is 1. The van der Waals surface area contributed by atoms with Gasteiger partial charge in [-0.05, 0) is 54.8 Å². The summed E-state index contributed by atoms with van der Waals surface area (Å²) in [6.07, 6.45) is 4.22. The Morgan fingerprint density at radius 3 is 2.14 bits per heavy atom. The topological polar surface area (TPSA) is 70.7 Å². The van der Waals surface area contributed by atoms with Crippen LogP contribution in [0.3, 0.4) is 0 Å². The number of amides is 2. The molecule has 0 heterocycles. The number of hydrogen-bond donors (Lipinski definition) is 2. The molecular formula is C23H29N3O3. The van der Waals surface area contributed by atoms with Crippen molar-refractivity contribution in [2.45, 2.75) is 31.1 Å². The van der Waals surface area contributed by atoms with Crippen molar-refractivity contribution >= 4 is 23.2 Å². The molecule has 0 spiro atoms. The highest BCUT2D eigenvalue weighted by Crippen LogP contribution is 2.41. The summed E-state index contributed by atoms with van der Waals surface area (Å²) < 4.78 is 5.25. The van der Waals surface area contributed by atoms with Crippen LogP contribution in [0.5, 0.6) is 5.75 Å². The van der Waals surface area contributed by atoms with Crippen molar-refractivity contribution in [3.05, 3.63) is 54.1 Å². The van der Waals surface area contributed by atoms with Crippen LogP contribution in [0, 0.1) is 0 Å². The minimum atomic E-state index is -0.648. The molecule has 0 unspecified atom stereocenters. The molecule has 2 amide bonds. The summed E-state index contributed by atoms with van der Waals surface area (Å²) in [6.45, 7) is 0.450. The number of carbonyl (C=O) groups excluding carboxylic acids is 2. The summed E-state index contributed by atoms with van der Waals surface area (Å²) >= 11 is 0. The van der Waals surface area contributed by atoms with Crippen molar-refractivity contribution in [3.8, 4) is 5.75 Å². The van der Waals surface area contributed by atoms with Crippen LogP contribution >= 0.6 is 0 Å². The summed E-state index contributed by atoms with van der Waals surface area (Å²) in [5.74, 6) is -0.447. The number of nitrogens with zero attached hydrogens (tertiary/aromatic N) is 1. The Hall–Kier alpha value is -3.02. The molecular weight excluding hydrogens is 366 g/mol. The number of ether oxygens (including phenoxy) is 1. The van der Waals surface area contributed by atoms with Gasteiger partial charge in [0, 0.05) is 37.4 Å². The van der Waals surface area contributed by atoms with E-state index in [0.29, 0.717) is 12.2 Å². The highest BCUT2D eigenvalue weighted by Gasteiger charge is 2.36. The predicted molar refractivity (Wildman–Crippen MR) is 116 cm³/mol. The maximum absolute atomic E-state index is 12.4. The van der Waals surface area contributed by atoms with Crippen LogP contribution in [0.1, 0.15) is 31.2 Å². The van der Waals surface area contributed by atoms with Crippen LogP contribution < -0.4 is 20.3 Å². The van der Waals surface area contributed by atoms with Gasteiger partial charge in [0.1, 0.15) is 5.75 Å². The summed E-state index contributed by atoms with van der Waals surface area (Å²) in [7, 11) is 5.54. The Balaban J connectivity index is 1.61. The Morgan fingerprint density at radius 1 is 0.966 bits per heavy atom. The van der Waals surface area contributed by atoms with Crippen molar-refractivity contribution in [2.24, 2.45) is 0 Å². The van der Waals surface area contributed by atoms with Gasteiger partial charge in [0.15, 0.2) is 0 Å². The van der Waals surface area contributed by atoms with E-state index in [2.05, 4.69) is 22.8 Å². The van der Waals surface area contributed by atoms with E-state index < -0.39 is 11.8 Å². The molecule has 0 aromatic heterocycles. The molecule has 0 radical (unpaired) electrons. The second-order valence-electron chi connectivity index (χ2n) is 7.79. The molecule has 29 heavy (non-hydrogen) atoms. The zero-order valence-electron chi connectivity index (χ0n) is 17.3. The van der Waals surface area contributed by atoms with Crippen LogP contribution in [-0.4, -0.2) is 39.6 Å². The fourth-order valence-electron chi connectivity index (χ4n) is 3.92. The standard InChI is InChI=1S/C23H29N3O3/c1-26(2)19-10-8-18(9-11-19)25-22(28)21(27)24-16-23(14-4-5-15-23)17-6-12-20(29-3)13-7-17/h6-13H,4-5,14-16H2,1-3H3,(H,24,27)(H,25,28). The van der Waals surface area contributed by atoms with Crippen molar-refractivity contribution in [1.29, 1.82) is 0 Å². The predicted octanol–water partition coefficient (Wildman–Crippen LogP) is 3.33. The Morgan fingerprint density at radius 2 is 1.59 bits per heavy atom. The third kappa shape index (κ3) is 4.88. The number of carbonyl (C=O) groups is 2. The largest absolute Gasteiger partial charge is 0.497 e. The maximum Gasteiger partial charge on any atom is 0.313 e. The lowest BCUT2D eigenvalue weighted by molar-refractivity contribution is -0.136. The number of nitrogens with one attached hydrogen (secondary N) is 2. The van der Waals surface area contributed by atoms with E-state index in [4.69, 9.17) is 4.74 Å². The average Bonchev–Trinajstić information content (AvgIpc) is 3.22. The van der Waals surface area contributed by atoms with Gasteiger partial charge in [-0.25, -0.2) is 0 Å². The van der Waals surface area contributed by atoms with Gasteiger partial charge >= 0.3 is 11.8 Å². The fraction of sp³-hybridized carbons (Fsp3) is 0.391. The van der Waals surface area contributed by atoms with Crippen LogP contribution in [-0.2, 0) is 15.0 Å². The summed E-state index contributed by atoms with van der Waals surface area (Å²) in [5, 5.41) is 5.52. The number of hydrogen-bond acceptors (Lipinski definition) is 4. The lowest BCUT2D eigenvalue weighted by atomic mass is 9.78. The quantitative estimate of drug-likeness (QED) is 0.736. The third-order valence-corrected chi connectivity index (χ3v) is 5.70. The number of anilines is 2. The first-order valence-electron chi connectivity index (χ1n) is 9.95.